The number of nitrogens with zero attached hydrogens (tertiary/aromatic N) is 2. The zero-order valence-corrected chi connectivity index (χ0v) is 11.7. The van der Waals surface area contributed by atoms with Gasteiger partial charge in [0.1, 0.15) is 0 Å². The van der Waals surface area contributed by atoms with Crippen molar-refractivity contribution < 1.29 is 13.2 Å². The lowest BCUT2D eigenvalue weighted by Gasteiger charge is -2.22. The van der Waals surface area contributed by atoms with Crippen LogP contribution in [0, 0.1) is 0 Å². The van der Waals surface area contributed by atoms with E-state index in [0.29, 0.717) is 19.6 Å². The molecule has 0 unspecified atom stereocenters. The zero-order chi connectivity index (χ0) is 14.0. The van der Waals surface area contributed by atoms with Crippen LogP contribution >= 0.6 is 0 Å². The van der Waals surface area contributed by atoms with Gasteiger partial charge >= 0.3 is 6.18 Å². The molecular weight excluding hydrogens is 243 g/mol. The van der Waals surface area contributed by atoms with Crippen LogP contribution in [0.3, 0.4) is 0 Å². The fourth-order valence-electron chi connectivity index (χ4n) is 1.74. The van der Waals surface area contributed by atoms with Gasteiger partial charge in [0, 0.05) is 26.2 Å². The highest BCUT2D eigenvalue weighted by atomic mass is 19.4. The third-order valence-electron chi connectivity index (χ3n) is 2.95. The molecule has 18 heavy (non-hydrogen) atoms. The van der Waals surface area contributed by atoms with Crippen LogP contribution < -0.4 is 5.32 Å². The van der Waals surface area contributed by atoms with E-state index in [2.05, 4.69) is 24.1 Å². The highest BCUT2D eigenvalue weighted by Gasteiger charge is 2.29. The quantitative estimate of drug-likeness (QED) is 0.610. The molecule has 0 fully saturated rings. The fourth-order valence-corrected chi connectivity index (χ4v) is 1.74. The summed E-state index contributed by atoms with van der Waals surface area (Å²) in [4.78, 5) is 3.69. The number of hydrogen-bond donors (Lipinski definition) is 1. The predicted octanol–water partition coefficient (Wildman–Crippen LogP) is 1.80. The van der Waals surface area contributed by atoms with Crippen molar-refractivity contribution in [2.75, 3.05) is 52.4 Å². The van der Waals surface area contributed by atoms with E-state index in [0.717, 1.165) is 26.2 Å². The second-order valence-corrected chi connectivity index (χ2v) is 4.26. The summed E-state index contributed by atoms with van der Waals surface area (Å²) < 4.78 is 36.6. The summed E-state index contributed by atoms with van der Waals surface area (Å²) in [5.41, 5.74) is 0. The molecule has 0 heterocycles. The Morgan fingerprint density at radius 2 is 1.28 bits per heavy atom. The Hall–Kier alpha value is -0.330. The zero-order valence-electron chi connectivity index (χ0n) is 11.7. The summed E-state index contributed by atoms with van der Waals surface area (Å²) in [5, 5.41) is 3.18. The van der Waals surface area contributed by atoms with Gasteiger partial charge in [-0.1, -0.05) is 20.8 Å². The Balaban J connectivity index is 3.62. The van der Waals surface area contributed by atoms with Crippen LogP contribution in [0.1, 0.15) is 20.8 Å². The molecule has 0 aromatic heterocycles. The highest BCUT2D eigenvalue weighted by Crippen LogP contribution is 2.15. The standard InChI is InChI=1S/C12H26F3N3/c1-4-17(5-2)9-7-16-8-10-18(6-3)11-12(13,14)15/h16H,4-11H2,1-3H3. The topological polar surface area (TPSA) is 18.5 Å². The van der Waals surface area contributed by atoms with E-state index in [4.69, 9.17) is 0 Å². The summed E-state index contributed by atoms with van der Waals surface area (Å²) in [7, 11) is 0. The fraction of sp³-hybridized carbons (Fsp3) is 1.00. The van der Waals surface area contributed by atoms with Crippen molar-refractivity contribution in [3.63, 3.8) is 0 Å². The summed E-state index contributed by atoms with van der Waals surface area (Å²) in [6, 6.07) is 0. The van der Waals surface area contributed by atoms with Crippen molar-refractivity contribution >= 4 is 0 Å². The molecule has 0 rings (SSSR count). The van der Waals surface area contributed by atoms with Gasteiger partial charge in [-0.2, -0.15) is 13.2 Å². The summed E-state index contributed by atoms with van der Waals surface area (Å²) in [6.45, 7) is 10.4. The van der Waals surface area contributed by atoms with Crippen molar-refractivity contribution in [1.82, 2.24) is 15.1 Å². The van der Waals surface area contributed by atoms with Gasteiger partial charge in [0.05, 0.1) is 6.54 Å². The minimum absolute atomic E-state index is 0.428. The monoisotopic (exact) mass is 269 g/mol. The van der Waals surface area contributed by atoms with E-state index >= 15 is 0 Å². The molecule has 0 aromatic rings. The summed E-state index contributed by atoms with van der Waals surface area (Å²) in [6.07, 6.45) is -4.10. The molecule has 0 aliphatic rings. The number of halogens is 3. The molecule has 0 amide bonds. The number of nitrogens with one attached hydrogen (secondary N) is 1. The maximum absolute atomic E-state index is 12.2. The van der Waals surface area contributed by atoms with Crippen LogP contribution in [-0.4, -0.2) is 68.3 Å². The maximum atomic E-state index is 12.2. The first kappa shape index (κ1) is 17.7. The lowest BCUT2D eigenvalue weighted by atomic mass is 10.4. The number of alkyl halides is 3. The second-order valence-electron chi connectivity index (χ2n) is 4.26. The van der Waals surface area contributed by atoms with Gasteiger partial charge in [-0.3, -0.25) is 4.90 Å². The molecule has 1 N–H and O–H groups in total. The van der Waals surface area contributed by atoms with Crippen molar-refractivity contribution in [2.45, 2.75) is 26.9 Å². The molecule has 3 nitrogen and oxygen atoms in total. The molecule has 0 aromatic carbocycles. The van der Waals surface area contributed by atoms with Crippen LogP contribution in [0.15, 0.2) is 0 Å². The lowest BCUT2D eigenvalue weighted by Crippen LogP contribution is -2.40. The molecule has 0 bridgehead atoms. The van der Waals surface area contributed by atoms with E-state index in [9.17, 15) is 13.2 Å². The van der Waals surface area contributed by atoms with E-state index in [1.165, 1.54) is 4.90 Å². The molecule has 0 aliphatic heterocycles. The van der Waals surface area contributed by atoms with Gasteiger partial charge in [-0.25, -0.2) is 0 Å². The van der Waals surface area contributed by atoms with E-state index < -0.39 is 12.7 Å². The minimum Gasteiger partial charge on any atom is -0.314 e. The number of likely N-dealkylation sites (N-methyl/N-ethyl adjacent to an activating group) is 2. The van der Waals surface area contributed by atoms with Crippen molar-refractivity contribution in [2.24, 2.45) is 0 Å². The Labute approximate surface area is 108 Å². The normalized spacial score (nSPS) is 12.7. The van der Waals surface area contributed by atoms with Gasteiger partial charge in [0.25, 0.3) is 0 Å². The van der Waals surface area contributed by atoms with Crippen molar-refractivity contribution in [1.29, 1.82) is 0 Å². The van der Waals surface area contributed by atoms with Crippen LogP contribution in [0.5, 0.6) is 0 Å². The average molecular weight is 269 g/mol. The van der Waals surface area contributed by atoms with Gasteiger partial charge in [0.15, 0.2) is 0 Å². The molecule has 0 atom stereocenters. The number of rotatable bonds is 10. The largest absolute Gasteiger partial charge is 0.401 e. The molecule has 0 saturated heterocycles. The third kappa shape index (κ3) is 9.67. The Bertz CT molecular complexity index is 193. The van der Waals surface area contributed by atoms with E-state index in [1.54, 1.807) is 6.92 Å². The Kier molecular flexibility index (Phi) is 9.40. The molecule has 0 saturated carbocycles. The molecule has 110 valence electrons. The van der Waals surface area contributed by atoms with E-state index in [1.807, 2.05) is 0 Å². The van der Waals surface area contributed by atoms with Gasteiger partial charge in [-0.05, 0) is 19.6 Å². The smallest absolute Gasteiger partial charge is 0.314 e. The van der Waals surface area contributed by atoms with Crippen LogP contribution in [-0.2, 0) is 0 Å². The Morgan fingerprint density at radius 3 is 1.67 bits per heavy atom. The van der Waals surface area contributed by atoms with E-state index in [-0.39, 0.29) is 0 Å². The first-order chi connectivity index (χ1) is 8.42. The highest BCUT2D eigenvalue weighted by molar-refractivity contribution is 4.64. The Morgan fingerprint density at radius 1 is 0.833 bits per heavy atom. The minimum atomic E-state index is -4.10. The predicted molar refractivity (Wildman–Crippen MR) is 68.8 cm³/mol. The molecule has 0 radical (unpaired) electrons. The first-order valence-electron chi connectivity index (χ1n) is 6.65. The maximum Gasteiger partial charge on any atom is 0.401 e. The van der Waals surface area contributed by atoms with Crippen LogP contribution in [0.4, 0.5) is 13.2 Å². The van der Waals surface area contributed by atoms with Gasteiger partial charge < -0.3 is 10.2 Å². The van der Waals surface area contributed by atoms with Crippen LogP contribution in [0.2, 0.25) is 0 Å². The number of hydrogen-bond acceptors (Lipinski definition) is 3. The molecule has 0 aliphatic carbocycles. The van der Waals surface area contributed by atoms with Gasteiger partial charge in [0.2, 0.25) is 0 Å². The summed E-state index contributed by atoms with van der Waals surface area (Å²) >= 11 is 0. The molecule has 6 heteroatoms. The third-order valence-corrected chi connectivity index (χ3v) is 2.95. The summed E-state index contributed by atoms with van der Waals surface area (Å²) in [5.74, 6) is 0. The van der Waals surface area contributed by atoms with Crippen LogP contribution in [0.25, 0.3) is 0 Å². The SMILES string of the molecule is CCN(CC)CCNCCN(CC)CC(F)(F)F. The molecule has 0 spiro atoms. The van der Waals surface area contributed by atoms with Gasteiger partial charge in [-0.15, -0.1) is 0 Å². The first-order valence-corrected chi connectivity index (χ1v) is 6.65. The average Bonchev–Trinajstić information content (AvgIpc) is 2.30. The second kappa shape index (κ2) is 9.58. The van der Waals surface area contributed by atoms with Crippen molar-refractivity contribution in [3.05, 3.63) is 0 Å². The van der Waals surface area contributed by atoms with Crippen molar-refractivity contribution in [3.8, 4) is 0 Å². The lowest BCUT2D eigenvalue weighted by molar-refractivity contribution is -0.145. The molecular formula is C12H26F3N3.